The van der Waals surface area contributed by atoms with Crippen LogP contribution in [0.2, 0.25) is 0 Å². The lowest BCUT2D eigenvalue weighted by atomic mass is 10.1. The molecular formula is C15H23BrN2O2S. The first-order valence-electron chi connectivity index (χ1n) is 6.91. The van der Waals surface area contributed by atoms with Crippen molar-refractivity contribution in [2.45, 2.75) is 31.7 Å². The van der Waals surface area contributed by atoms with E-state index >= 15 is 0 Å². The van der Waals surface area contributed by atoms with Crippen LogP contribution < -0.4 is 5.32 Å². The topological polar surface area (TPSA) is 49.4 Å². The van der Waals surface area contributed by atoms with E-state index in [1.807, 2.05) is 13.0 Å². The summed E-state index contributed by atoms with van der Waals surface area (Å²) in [6.45, 7) is 9.34. The average molecular weight is 375 g/mol. The van der Waals surface area contributed by atoms with Crippen LogP contribution in [0, 0.1) is 6.92 Å². The lowest BCUT2D eigenvalue weighted by Gasteiger charge is -2.18. The van der Waals surface area contributed by atoms with Crippen LogP contribution in [-0.2, 0) is 16.6 Å². The Labute approximate surface area is 136 Å². The maximum absolute atomic E-state index is 12.6. The maximum Gasteiger partial charge on any atom is 0.243 e. The van der Waals surface area contributed by atoms with Crippen molar-refractivity contribution < 1.29 is 8.42 Å². The summed E-state index contributed by atoms with van der Waals surface area (Å²) < 4.78 is 27.3. The molecule has 0 aliphatic heterocycles. The van der Waals surface area contributed by atoms with Crippen molar-refractivity contribution in [3.8, 4) is 0 Å². The van der Waals surface area contributed by atoms with Crippen LogP contribution in [0.5, 0.6) is 0 Å². The zero-order valence-electron chi connectivity index (χ0n) is 12.8. The van der Waals surface area contributed by atoms with Crippen molar-refractivity contribution in [3.63, 3.8) is 0 Å². The predicted octanol–water partition coefficient (Wildman–Crippen LogP) is 3.06. The van der Waals surface area contributed by atoms with Gasteiger partial charge < -0.3 is 5.32 Å². The number of hydrogen-bond acceptors (Lipinski definition) is 3. The van der Waals surface area contributed by atoms with Gasteiger partial charge in [-0.05, 0) is 43.1 Å². The Morgan fingerprint density at radius 2 is 2.10 bits per heavy atom. The van der Waals surface area contributed by atoms with Gasteiger partial charge in [0.2, 0.25) is 10.0 Å². The average Bonchev–Trinajstić information content (AvgIpc) is 2.42. The molecule has 0 aliphatic carbocycles. The van der Waals surface area contributed by atoms with Gasteiger partial charge in [0.25, 0.3) is 0 Å². The molecule has 1 aromatic rings. The Morgan fingerprint density at radius 1 is 1.43 bits per heavy atom. The van der Waals surface area contributed by atoms with Crippen LogP contribution in [-0.4, -0.2) is 32.9 Å². The fraction of sp³-hybridized carbons (Fsp3) is 0.467. The van der Waals surface area contributed by atoms with Crippen LogP contribution in [0.25, 0.3) is 0 Å². The molecule has 0 fully saturated rings. The molecule has 1 aromatic carbocycles. The number of halogens is 1. The van der Waals surface area contributed by atoms with Crippen LogP contribution in [0.1, 0.15) is 24.5 Å². The van der Waals surface area contributed by atoms with Gasteiger partial charge in [-0.15, -0.1) is 6.58 Å². The lowest BCUT2D eigenvalue weighted by molar-refractivity contribution is 0.498. The second-order valence-corrected chi connectivity index (χ2v) is 7.82. The smallest absolute Gasteiger partial charge is 0.243 e. The quantitative estimate of drug-likeness (QED) is 0.561. The van der Waals surface area contributed by atoms with Crippen molar-refractivity contribution in [3.05, 3.63) is 40.4 Å². The minimum Gasteiger partial charge on any atom is -0.313 e. The summed E-state index contributed by atoms with van der Waals surface area (Å²) in [6.07, 6.45) is 2.62. The first-order valence-corrected chi connectivity index (χ1v) is 9.14. The Balaban J connectivity index is 3.19. The van der Waals surface area contributed by atoms with E-state index in [0.717, 1.165) is 28.6 Å². The Morgan fingerprint density at radius 3 is 2.67 bits per heavy atom. The summed E-state index contributed by atoms with van der Waals surface area (Å²) in [5, 5.41) is 3.29. The summed E-state index contributed by atoms with van der Waals surface area (Å²) >= 11 is 3.46. The molecule has 0 amide bonds. The van der Waals surface area contributed by atoms with E-state index < -0.39 is 10.0 Å². The fourth-order valence-electron chi connectivity index (χ4n) is 1.93. The number of nitrogens with zero attached hydrogens (tertiary/aromatic N) is 1. The zero-order valence-corrected chi connectivity index (χ0v) is 15.2. The van der Waals surface area contributed by atoms with Crippen LogP contribution >= 0.6 is 15.9 Å². The SMILES string of the molecule is C=CCN(C)S(=O)(=O)c1cc(CNCCC)cc(Br)c1C. The van der Waals surface area contributed by atoms with Crippen molar-refractivity contribution >= 4 is 26.0 Å². The Bertz CT molecular complexity index is 600. The normalized spacial score (nSPS) is 11.9. The summed E-state index contributed by atoms with van der Waals surface area (Å²) in [7, 11) is -1.94. The van der Waals surface area contributed by atoms with E-state index in [1.54, 1.807) is 19.2 Å². The maximum atomic E-state index is 12.6. The number of nitrogens with one attached hydrogen (secondary N) is 1. The van der Waals surface area contributed by atoms with Crippen molar-refractivity contribution in [2.75, 3.05) is 20.1 Å². The van der Waals surface area contributed by atoms with Gasteiger partial charge >= 0.3 is 0 Å². The molecule has 0 aromatic heterocycles. The zero-order chi connectivity index (χ0) is 16.0. The van der Waals surface area contributed by atoms with Crippen molar-refractivity contribution in [2.24, 2.45) is 0 Å². The van der Waals surface area contributed by atoms with E-state index in [4.69, 9.17) is 0 Å². The highest BCUT2D eigenvalue weighted by Crippen LogP contribution is 2.27. The van der Waals surface area contributed by atoms with E-state index in [2.05, 4.69) is 34.7 Å². The van der Waals surface area contributed by atoms with Crippen LogP contribution in [0.4, 0.5) is 0 Å². The van der Waals surface area contributed by atoms with Gasteiger partial charge in [-0.2, -0.15) is 4.31 Å². The largest absolute Gasteiger partial charge is 0.313 e. The second kappa shape index (κ2) is 8.08. The lowest BCUT2D eigenvalue weighted by Crippen LogP contribution is -2.28. The van der Waals surface area contributed by atoms with E-state index in [9.17, 15) is 8.42 Å². The number of sulfonamides is 1. The first kappa shape index (κ1) is 18.4. The molecule has 0 saturated carbocycles. The minimum absolute atomic E-state index is 0.289. The molecule has 0 spiro atoms. The highest BCUT2D eigenvalue weighted by atomic mass is 79.9. The van der Waals surface area contributed by atoms with Gasteiger partial charge in [0.15, 0.2) is 0 Å². The summed E-state index contributed by atoms with van der Waals surface area (Å²) in [6, 6.07) is 3.71. The predicted molar refractivity (Wildman–Crippen MR) is 90.9 cm³/mol. The third kappa shape index (κ3) is 4.64. The number of likely N-dealkylation sites (N-methyl/N-ethyl adjacent to an activating group) is 1. The summed E-state index contributed by atoms with van der Waals surface area (Å²) in [5.74, 6) is 0. The van der Waals surface area contributed by atoms with Gasteiger partial charge in [0, 0.05) is 24.6 Å². The van der Waals surface area contributed by atoms with Crippen molar-refractivity contribution in [1.82, 2.24) is 9.62 Å². The van der Waals surface area contributed by atoms with Gasteiger partial charge in [-0.3, -0.25) is 0 Å². The Kier molecular flexibility index (Phi) is 7.06. The first-order chi connectivity index (χ1) is 9.84. The van der Waals surface area contributed by atoms with Crippen molar-refractivity contribution in [1.29, 1.82) is 0 Å². The highest BCUT2D eigenvalue weighted by molar-refractivity contribution is 9.10. The van der Waals surface area contributed by atoms with Gasteiger partial charge in [-0.1, -0.05) is 28.9 Å². The number of rotatable bonds is 8. The molecule has 0 heterocycles. The molecule has 1 rings (SSSR count). The molecule has 0 radical (unpaired) electrons. The van der Waals surface area contributed by atoms with Gasteiger partial charge in [0.1, 0.15) is 0 Å². The number of hydrogen-bond donors (Lipinski definition) is 1. The molecule has 0 atom stereocenters. The Hall–Kier alpha value is -0.690. The highest BCUT2D eigenvalue weighted by Gasteiger charge is 2.23. The van der Waals surface area contributed by atoms with E-state index in [-0.39, 0.29) is 6.54 Å². The second-order valence-electron chi connectivity index (χ2n) is 4.95. The molecule has 6 heteroatoms. The number of benzene rings is 1. The molecule has 0 unspecified atom stereocenters. The molecule has 0 aliphatic rings. The van der Waals surface area contributed by atoms with Crippen LogP contribution in [0.15, 0.2) is 34.2 Å². The third-order valence-electron chi connectivity index (χ3n) is 3.19. The van der Waals surface area contributed by atoms with E-state index in [1.165, 1.54) is 4.31 Å². The minimum atomic E-state index is -3.50. The molecule has 1 N–H and O–H groups in total. The molecule has 4 nitrogen and oxygen atoms in total. The summed E-state index contributed by atoms with van der Waals surface area (Å²) in [5.41, 5.74) is 1.68. The molecule has 118 valence electrons. The third-order valence-corrected chi connectivity index (χ3v) is 5.96. The monoisotopic (exact) mass is 374 g/mol. The van der Waals surface area contributed by atoms with Crippen LogP contribution in [0.3, 0.4) is 0 Å². The van der Waals surface area contributed by atoms with Gasteiger partial charge in [0.05, 0.1) is 4.90 Å². The molecular weight excluding hydrogens is 352 g/mol. The fourth-order valence-corrected chi connectivity index (χ4v) is 4.01. The summed E-state index contributed by atoms with van der Waals surface area (Å²) in [4.78, 5) is 0.342. The van der Waals surface area contributed by atoms with Gasteiger partial charge in [-0.25, -0.2) is 8.42 Å². The molecule has 0 saturated heterocycles. The molecule has 21 heavy (non-hydrogen) atoms. The van der Waals surface area contributed by atoms with E-state index in [0.29, 0.717) is 11.4 Å². The standard InChI is InChI=1S/C15H23BrN2O2S/c1-5-7-17-11-13-9-14(16)12(3)15(10-13)21(19,20)18(4)8-6-2/h6,9-10,17H,2,5,7-8,11H2,1,3-4H3. The molecule has 0 bridgehead atoms.